The second kappa shape index (κ2) is 4.14. The lowest BCUT2D eigenvalue weighted by Crippen LogP contribution is -1.96. The van der Waals surface area contributed by atoms with E-state index in [1.54, 1.807) is 0 Å². The highest BCUT2D eigenvalue weighted by molar-refractivity contribution is 5.30. The minimum atomic E-state index is 0.335. The zero-order chi connectivity index (χ0) is 9.84. The lowest BCUT2D eigenvalue weighted by Gasteiger charge is -2.06. The topological polar surface area (TPSA) is 0 Å². The Morgan fingerprint density at radius 1 is 1.31 bits per heavy atom. The Bertz CT molecular complexity index is 328. The Morgan fingerprint density at radius 2 is 2.00 bits per heavy atom. The lowest BCUT2D eigenvalue weighted by molar-refractivity contribution is 0.750. The fraction of sp³-hybridized carbons (Fsp3) is 0.385. The molecule has 0 fully saturated rings. The van der Waals surface area contributed by atoms with Gasteiger partial charge in [-0.05, 0) is 37.0 Å². The van der Waals surface area contributed by atoms with E-state index in [2.05, 4.69) is 44.9 Å². The Kier molecular flexibility index (Phi) is 3.14. The first kappa shape index (κ1) is 9.86. The fourth-order valence-corrected chi connectivity index (χ4v) is 1.34. The SMILES string of the molecule is C#CC(C)Cc1ccc(C)c(C)c1. The van der Waals surface area contributed by atoms with Crippen LogP contribution in [-0.4, -0.2) is 0 Å². The molecule has 0 nitrogen and oxygen atoms in total. The van der Waals surface area contributed by atoms with Crippen LogP contribution in [0.2, 0.25) is 0 Å². The second-order valence-electron chi connectivity index (χ2n) is 3.69. The van der Waals surface area contributed by atoms with E-state index in [1.165, 1.54) is 16.7 Å². The van der Waals surface area contributed by atoms with Gasteiger partial charge in [0.25, 0.3) is 0 Å². The molecule has 0 spiro atoms. The average molecular weight is 172 g/mol. The van der Waals surface area contributed by atoms with Gasteiger partial charge in [0.1, 0.15) is 0 Å². The predicted molar refractivity (Wildman–Crippen MR) is 57.6 cm³/mol. The maximum atomic E-state index is 5.34. The van der Waals surface area contributed by atoms with E-state index in [0.717, 1.165) is 6.42 Å². The molecule has 1 aromatic rings. The van der Waals surface area contributed by atoms with Crippen LogP contribution >= 0.6 is 0 Å². The molecule has 0 amide bonds. The van der Waals surface area contributed by atoms with Gasteiger partial charge < -0.3 is 0 Å². The molecule has 0 saturated heterocycles. The third kappa shape index (κ3) is 2.63. The molecule has 1 atom stereocenters. The largest absolute Gasteiger partial charge is 0.120 e. The molecule has 0 aliphatic heterocycles. The van der Waals surface area contributed by atoms with Crippen LogP contribution in [0, 0.1) is 32.1 Å². The quantitative estimate of drug-likeness (QED) is 0.601. The number of hydrogen-bond donors (Lipinski definition) is 0. The van der Waals surface area contributed by atoms with Gasteiger partial charge >= 0.3 is 0 Å². The van der Waals surface area contributed by atoms with Gasteiger partial charge in [-0.1, -0.05) is 25.1 Å². The van der Waals surface area contributed by atoms with E-state index in [-0.39, 0.29) is 0 Å². The van der Waals surface area contributed by atoms with Crippen molar-refractivity contribution < 1.29 is 0 Å². The standard InChI is InChI=1S/C13H16/c1-5-10(2)8-13-7-6-11(3)12(4)9-13/h1,6-7,9-10H,8H2,2-4H3. The smallest absolute Gasteiger partial charge is 0.0212 e. The molecular formula is C13H16. The van der Waals surface area contributed by atoms with Gasteiger partial charge in [0.2, 0.25) is 0 Å². The van der Waals surface area contributed by atoms with Crippen molar-refractivity contribution in [2.75, 3.05) is 0 Å². The molecule has 0 heteroatoms. The highest BCUT2D eigenvalue weighted by atomic mass is 14.0. The minimum Gasteiger partial charge on any atom is -0.120 e. The summed E-state index contributed by atoms with van der Waals surface area (Å²) in [6.07, 6.45) is 6.32. The monoisotopic (exact) mass is 172 g/mol. The number of aryl methyl sites for hydroxylation is 2. The van der Waals surface area contributed by atoms with Crippen molar-refractivity contribution in [3.8, 4) is 12.3 Å². The highest BCUT2D eigenvalue weighted by Gasteiger charge is 2.00. The summed E-state index contributed by atoms with van der Waals surface area (Å²) < 4.78 is 0. The molecular weight excluding hydrogens is 156 g/mol. The van der Waals surface area contributed by atoms with Gasteiger partial charge in [-0.3, -0.25) is 0 Å². The Hall–Kier alpha value is -1.22. The van der Waals surface area contributed by atoms with Crippen molar-refractivity contribution in [3.05, 3.63) is 34.9 Å². The van der Waals surface area contributed by atoms with E-state index in [1.807, 2.05) is 0 Å². The summed E-state index contributed by atoms with van der Waals surface area (Å²) in [4.78, 5) is 0. The Morgan fingerprint density at radius 3 is 2.54 bits per heavy atom. The van der Waals surface area contributed by atoms with Crippen molar-refractivity contribution in [2.45, 2.75) is 27.2 Å². The second-order valence-corrected chi connectivity index (χ2v) is 3.69. The maximum absolute atomic E-state index is 5.34. The molecule has 1 aromatic carbocycles. The third-order valence-electron chi connectivity index (χ3n) is 2.40. The van der Waals surface area contributed by atoms with E-state index in [4.69, 9.17) is 6.42 Å². The molecule has 13 heavy (non-hydrogen) atoms. The first-order chi connectivity index (χ1) is 6.13. The summed E-state index contributed by atoms with van der Waals surface area (Å²) in [6.45, 7) is 6.35. The van der Waals surface area contributed by atoms with Crippen molar-refractivity contribution in [2.24, 2.45) is 5.92 Å². The lowest BCUT2D eigenvalue weighted by atomic mass is 9.98. The van der Waals surface area contributed by atoms with Gasteiger partial charge in [-0.25, -0.2) is 0 Å². The normalized spacial score (nSPS) is 12.2. The van der Waals surface area contributed by atoms with Crippen LogP contribution in [0.5, 0.6) is 0 Å². The first-order valence-electron chi connectivity index (χ1n) is 4.65. The van der Waals surface area contributed by atoms with Crippen LogP contribution in [0.25, 0.3) is 0 Å². The number of hydrogen-bond acceptors (Lipinski definition) is 0. The molecule has 0 aliphatic carbocycles. The molecule has 0 bridgehead atoms. The molecule has 0 N–H and O–H groups in total. The van der Waals surface area contributed by atoms with Gasteiger partial charge in [0.15, 0.2) is 0 Å². The predicted octanol–water partition coefficient (Wildman–Crippen LogP) is 3.12. The molecule has 0 saturated carbocycles. The molecule has 0 aromatic heterocycles. The van der Waals surface area contributed by atoms with Crippen LogP contribution in [-0.2, 0) is 6.42 Å². The van der Waals surface area contributed by atoms with Gasteiger partial charge in [0.05, 0.1) is 0 Å². The van der Waals surface area contributed by atoms with Crippen molar-refractivity contribution >= 4 is 0 Å². The summed E-state index contributed by atoms with van der Waals surface area (Å²) in [6, 6.07) is 6.55. The van der Waals surface area contributed by atoms with Crippen LogP contribution in [0.15, 0.2) is 18.2 Å². The van der Waals surface area contributed by atoms with Gasteiger partial charge in [-0.2, -0.15) is 0 Å². The van der Waals surface area contributed by atoms with Crippen molar-refractivity contribution in [1.29, 1.82) is 0 Å². The van der Waals surface area contributed by atoms with Crippen molar-refractivity contribution in [3.63, 3.8) is 0 Å². The van der Waals surface area contributed by atoms with E-state index in [9.17, 15) is 0 Å². The molecule has 1 rings (SSSR count). The summed E-state index contributed by atoms with van der Waals surface area (Å²) in [5, 5.41) is 0. The number of terminal acetylenes is 1. The van der Waals surface area contributed by atoms with Gasteiger partial charge in [-0.15, -0.1) is 12.3 Å². The van der Waals surface area contributed by atoms with E-state index >= 15 is 0 Å². The molecule has 68 valence electrons. The summed E-state index contributed by atoms with van der Waals surface area (Å²) in [5.74, 6) is 3.08. The summed E-state index contributed by atoms with van der Waals surface area (Å²) >= 11 is 0. The van der Waals surface area contributed by atoms with E-state index in [0.29, 0.717) is 5.92 Å². The summed E-state index contributed by atoms with van der Waals surface area (Å²) in [7, 11) is 0. The van der Waals surface area contributed by atoms with Gasteiger partial charge in [0, 0.05) is 5.92 Å². The Balaban J connectivity index is 2.81. The first-order valence-corrected chi connectivity index (χ1v) is 4.65. The zero-order valence-electron chi connectivity index (χ0n) is 8.59. The van der Waals surface area contributed by atoms with Crippen LogP contribution < -0.4 is 0 Å². The Labute approximate surface area is 81.0 Å². The fourth-order valence-electron chi connectivity index (χ4n) is 1.34. The zero-order valence-corrected chi connectivity index (χ0v) is 8.59. The van der Waals surface area contributed by atoms with Crippen LogP contribution in [0.3, 0.4) is 0 Å². The maximum Gasteiger partial charge on any atom is 0.0212 e. The molecule has 0 radical (unpaired) electrons. The summed E-state index contributed by atoms with van der Waals surface area (Å²) in [5.41, 5.74) is 4.03. The molecule has 0 aliphatic rings. The number of rotatable bonds is 2. The minimum absolute atomic E-state index is 0.335. The number of benzene rings is 1. The van der Waals surface area contributed by atoms with E-state index < -0.39 is 0 Å². The van der Waals surface area contributed by atoms with Crippen LogP contribution in [0.1, 0.15) is 23.6 Å². The highest BCUT2D eigenvalue weighted by Crippen LogP contribution is 2.13. The third-order valence-corrected chi connectivity index (χ3v) is 2.40. The molecule has 0 heterocycles. The van der Waals surface area contributed by atoms with Crippen molar-refractivity contribution in [1.82, 2.24) is 0 Å². The average Bonchev–Trinajstić information content (AvgIpc) is 2.11. The van der Waals surface area contributed by atoms with Crippen LogP contribution in [0.4, 0.5) is 0 Å². The molecule has 1 unspecified atom stereocenters.